The molecule has 6 heteroatoms. The number of benzene rings is 2. The van der Waals surface area contributed by atoms with Gasteiger partial charge in [0.25, 0.3) is 0 Å². The maximum Gasteiger partial charge on any atom is 0.315 e. The lowest BCUT2D eigenvalue weighted by molar-refractivity contribution is 0.236. The molecule has 3 rings (SSSR count). The summed E-state index contributed by atoms with van der Waals surface area (Å²) in [6.45, 7) is 0.380. The first-order chi connectivity index (χ1) is 11.5. The fraction of sp³-hybridized carbons (Fsp3) is 0.278. The largest absolute Gasteiger partial charge is 0.334 e. The molecule has 4 nitrogen and oxygen atoms in total. The predicted molar refractivity (Wildman–Crippen MR) is 91.6 cm³/mol. The number of carbonyl (C=O) groups is 1. The number of halogens is 1. The zero-order chi connectivity index (χ0) is 17.1. The van der Waals surface area contributed by atoms with Gasteiger partial charge in [0, 0.05) is 28.5 Å². The molecule has 2 amide bonds. The lowest BCUT2D eigenvalue weighted by atomic mass is 10.1. The van der Waals surface area contributed by atoms with Crippen LogP contribution in [0.3, 0.4) is 0 Å². The van der Waals surface area contributed by atoms with Crippen LogP contribution in [0.25, 0.3) is 0 Å². The van der Waals surface area contributed by atoms with Crippen LogP contribution in [0.1, 0.15) is 29.2 Å². The van der Waals surface area contributed by atoms with Gasteiger partial charge in [-0.05, 0) is 47.7 Å². The third kappa shape index (κ3) is 3.64. The molecular weight excluding hydrogens is 327 g/mol. The van der Waals surface area contributed by atoms with E-state index in [9.17, 15) is 13.4 Å². The minimum atomic E-state index is -1.01. The van der Waals surface area contributed by atoms with E-state index in [1.54, 1.807) is 24.5 Å². The van der Waals surface area contributed by atoms with Gasteiger partial charge in [-0.3, -0.25) is 4.21 Å². The molecule has 1 aliphatic carbocycles. The van der Waals surface area contributed by atoms with Gasteiger partial charge in [-0.1, -0.05) is 24.3 Å². The molecule has 1 aliphatic rings. The highest BCUT2D eigenvalue weighted by molar-refractivity contribution is 7.84. The summed E-state index contributed by atoms with van der Waals surface area (Å²) < 4.78 is 25.1. The van der Waals surface area contributed by atoms with E-state index in [-0.39, 0.29) is 17.9 Å². The van der Waals surface area contributed by atoms with Crippen molar-refractivity contribution < 1.29 is 13.4 Å². The Labute approximate surface area is 142 Å². The normalized spacial score (nSPS) is 17.2. The summed E-state index contributed by atoms with van der Waals surface area (Å²) in [6.07, 6.45) is 2.98. The molecule has 2 atom stereocenters. The van der Waals surface area contributed by atoms with Gasteiger partial charge in [-0.2, -0.15) is 0 Å². The number of fused-ring (bicyclic) bond motifs is 1. The molecule has 0 heterocycles. The van der Waals surface area contributed by atoms with Gasteiger partial charge in [0.2, 0.25) is 0 Å². The molecule has 0 saturated heterocycles. The van der Waals surface area contributed by atoms with Crippen molar-refractivity contribution in [2.75, 3.05) is 6.26 Å². The third-order valence-electron chi connectivity index (χ3n) is 4.23. The number of hydrogen-bond donors (Lipinski definition) is 2. The summed E-state index contributed by atoms with van der Waals surface area (Å²) in [6, 6.07) is 11.8. The lowest BCUT2D eigenvalue weighted by Crippen LogP contribution is -2.36. The molecule has 0 aliphatic heterocycles. The maximum absolute atomic E-state index is 13.7. The topological polar surface area (TPSA) is 58.2 Å². The summed E-state index contributed by atoms with van der Waals surface area (Å²) in [5.41, 5.74) is 2.49. The van der Waals surface area contributed by atoms with E-state index in [0.29, 0.717) is 24.9 Å². The van der Waals surface area contributed by atoms with E-state index in [4.69, 9.17) is 0 Å². The van der Waals surface area contributed by atoms with Gasteiger partial charge >= 0.3 is 6.03 Å². The summed E-state index contributed by atoms with van der Waals surface area (Å²) in [5, 5.41) is 5.70. The molecule has 2 aromatic carbocycles. The van der Waals surface area contributed by atoms with Gasteiger partial charge < -0.3 is 10.6 Å². The molecule has 2 aromatic rings. The Balaban J connectivity index is 1.56. The first-order valence-electron chi connectivity index (χ1n) is 7.78. The van der Waals surface area contributed by atoms with E-state index in [0.717, 1.165) is 16.0 Å². The van der Waals surface area contributed by atoms with Crippen LogP contribution in [0.5, 0.6) is 0 Å². The highest BCUT2D eigenvalue weighted by atomic mass is 32.2. The van der Waals surface area contributed by atoms with Crippen molar-refractivity contribution >= 4 is 16.8 Å². The van der Waals surface area contributed by atoms with Crippen LogP contribution < -0.4 is 10.6 Å². The fourth-order valence-corrected chi connectivity index (χ4v) is 3.47. The average molecular weight is 346 g/mol. The van der Waals surface area contributed by atoms with E-state index in [1.807, 2.05) is 18.2 Å². The van der Waals surface area contributed by atoms with Crippen LogP contribution in [-0.2, 0) is 23.8 Å². The average Bonchev–Trinajstić information content (AvgIpc) is 2.98. The van der Waals surface area contributed by atoms with Gasteiger partial charge in [0.05, 0.1) is 6.04 Å². The lowest BCUT2D eigenvalue weighted by Gasteiger charge is -2.15. The van der Waals surface area contributed by atoms with E-state index in [2.05, 4.69) is 10.6 Å². The number of carbonyl (C=O) groups excluding carboxylic acids is 1. The standard InChI is InChI=1S/C18H19FN2O2S/c1-24(23)13-7-5-12(6-8-13)11-20-18(22)21-17-10-9-14-15(17)3-2-4-16(14)19/h2-8,17H,9-11H2,1H3,(H2,20,21,22)/t17-,24+/m1/s1. The zero-order valence-corrected chi connectivity index (χ0v) is 14.2. The monoisotopic (exact) mass is 346 g/mol. The summed E-state index contributed by atoms with van der Waals surface area (Å²) >= 11 is 0. The summed E-state index contributed by atoms with van der Waals surface area (Å²) in [5.74, 6) is -0.203. The van der Waals surface area contributed by atoms with Crippen molar-refractivity contribution in [1.82, 2.24) is 10.6 Å². The number of rotatable bonds is 4. The van der Waals surface area contributed by atoms with Crippen molar-refractivity contribution in [2.45, 2.75) is 30.3 Å². The second-order valence-corrected chi connectivity index (χ2v) is 7.20. The quantitative estimate of drug-likeness (QED) is 0.894. The molecular formula is C18H19FN2O2S. The van der Waals surface area contributed by atoms with Crippen LogP contribution in [0.2, 0.25) is 0 Å². The number of hydrogen-bond acceptors (Lipinski definition) is 2. The fourth-order valence-electron chi connectivity index (χ4n) is 2.95. The molecule has 0 saturated carbocycles. The van der Waals surface area contributed by atoms with Crippen molar-refractivity contribution in [3.05, 3.63) is 65.0 Å². The van der Waals surface area contributed by atoms with Gasteiger partial charge in [0.1, 0.15) is 5.82 Å². The summed E-state index contributed by atoms with van der Waals surface area (Å²) in [4.78, 5) is 12.8. The molecule has 0 spiro atoms. The van der Waals surface area contributed by atoms with Gasteiger partial charge in [-0.15, -0.1) is 0 Å². The number of amides is 2. The van der Waals surface area contributed by atoms with Crippen LogP contribution in [-0.4, -0.2) is 16.5 Å². The Kier molecular flexibility index (Phi) is 4.94. The Bertz CT molecular complexity index is 777. The molecule has 126 valence electrons. The molecule has 0 radical (unpaired) electrons. The van der Waals surface area contributed by atoms with Crippen LogP contribution in [0, 0.1) is 5.82 Å². The molecule has 0 unspecified atom stereocenters. The minimum absolute atomic E-state index is 0.152. The first kappa shape index (κ1) is 16.6. The van der Waals surface area contributed by atoms with Crippen molar-refractivity contribution in [2.24, 2.45) is 0 Å². The van der Waals surface area contributed by atoms with Crippen molar-refractivity contribution in [1.29, 1.82) is 0 Å². The number of urea groups is 1. The highest BCUT2D eigenvalue weighted by Gasteiger charge is 2.25. The van der Waals surface area contributed by atoms with Gasteiger partial charge in [0.15, 0.2) is 0 Å². The van der Waals surface area contributed by atoms with Crippen molar-refractivity contribution in [3.8, 4) is 0 Å². The van der Waals surface area contributed by atoms with Crippen molar-refractivity contribution in [3.63, 3.8) is 0 Å². The van der Waals surface area contributed by atoms with Gasteiger partial charge in [-0.25, -0.2) is 9.18 Å². The Morgan fingerprint density at radius 2 is 2.00 bits per heavy atom. The van der Waals surface area contributed by atoms with Crippen LogP contribution in [0.15, 0.2) is 47.4 Å². The molecule has 0 bridgehead atoms. The highest BCUT2D eigenvalue weighted by Crippen LogP contribution is 2.32. The molecule has 24 heavy (non-hydrogen) atoms. The Morgan fingerprint density at radius 1 is 1.25 bits per heavy atom. The van der Waals surface area contributed by atoms with Crippen LogP contribution in [0.4, 0.5) is 9.18 Å². The Hall–Kier alpha value is -2.21. The van der Waals surface area contributed by atoms with E-state index >= 15 is 0 Å². The molecule has 2 N–H and O–H groups in total. The molecule has 0 fully saturated rings. The number of nitrogens with one attached hydrogen (secondary N) is 2. The maximum atomic E-state index is 13.7. The SMILES string of the molecule is C[S@](=O)c1ccc(CNC(=O)N[C@@H]2CCc3c(F)cccc32)cc1. The predicted octanol–water partition coefficient (Wildman–Crippen LogP) is 3.05. The first-order valence-corrected chi connectivity index (χ1v) is 9.34. The summed E-state index contributed by atoms with van der Waals surface area (Å²) in [7, 11) is -1.01. The molecule has 0 aromatic heterocycles. The van der Waals surface area contributed by atoms with E-state index in [1.165, 1.54) is 6.07 Å². The van der Waals surface area contributed by atoms with Crippen LogP contribution >= 0.6 is 0 Å². The zero-order valence-electron chi connectivity index (χ0n) is 13.3. The second kappa shape index (κ2) is 7.13. The smallest absolute Gasteiger partial charge is 0.315 e. The van der Waals surface area contributed by atoms with E-state index < -0.39 is 10.8 Å². The third-order valence-corrected chi connectivity index (χ3v) is 5.16. The minimum Gasteiger partial charge on any atom is -0.334 e. The Morgan fingerprint density at radius 3 is 2.71 bits per heavy atom. The second-order valence-electron chi connectivity index (χ2n) is 5.82.